The number of pyridine rings is 2. The van der Waals surface area contributed by atoms with E-state index in [0.29, 0.717) is 5.82 Å². The zero-order chi connectivity index (χ0) is 23.7. The lowest BCUT2D eigenvalue weighted by atomic mass is 10.2. The van der Waals surface area contributed by atoms with Crippen molar-refractivity contribution in [1.29, 1.82) is 0 Å². The molecule has 0 atom stereocenters. The second-order valence-electron chi connectivity index (χ2n) is 7.34. The molecule has 9 nitrogen and oxygen atoms in total. The molecule has 0 saturated carbocycles. The third-order valence-corrected chi connectivity index (χ3v) is 5.09. The molecule has 4 aromatic rings. The van der Waals surface area contributed by atoms with Crippen LogP contribution in [-0.4, -0.2) is 25.0 Å². The Morgan fingerprint density at radius 2 is 1.85 bits per heavy atom. The number of halogens is 2. The maximum Gasteiger partial charge on any atom is 0.331 e. The summed E-state index contributed by atoms with van der Waals surface area (Å²) in [5.74, 6) is -2.34. The first-order valence-corrected chi connectivity index (χ1v) is 9.76. The second kappa shape index (κ2) is 8.61. The van der Waals surface area contributed by atoms with Crippen LogP contribution in [0.15, 0.2) is 58.4 Å². The summed E-state index contributed by atoms with van der Waals surface area (Å²) < 4.78 is 28.9. The van der Waals surface area contributed by atoms with Crippen LogP contribution in [0.5, 0.6) is 0 Å². The van der Waals surface area contributed by atoms with Gasteiger partial charge in [0.05, 0.1) is 23.6 Å². The van der Waals surface area contributed by atoms with Gasteiger partial charge in [-0.2, -0.15) is 0 Å². The summed E-state index contributed by atoms with van der Waals surface area (Å²) in [7, 11) is 1.45. The van der Waals surface area contributed by atoms with Crippen LogP contribution in [0.1, 0.15) is 21.6 Å². The van der Waals surface area contributed by atoms with Crippen molar-refractivity contribution in [1.82, 2.24) is 24.4 Å². The number of anilines is 1. The minimum Gasteiger partial charge on any atom is -0.384 e. The standard InChI is InChI=1S/C22H18F2N6O3/c1-29-18-10-27-17(20(31)28-9-12-4-5-26-19(25)7-12)8-14(18)21(32)30(22(29)33)11-13-2-3-15(23)16(24)6-13/h2-8,10H,9,11H2,1H3,(H2,25,26)(H,28,31). The third-order valence-electron chi connectivity index (χ3n) is 5.09. The maximum atomic E-state index is 13.6. The molecule has 0 fully saturated rings. The van der Waals surface area contributed by atoms with Crippen LogP contribution in [0.2, 0.25) is 0 Å². The lowest BCUT2D eigenvalue weighted by Gasteiger charge is -2.12. The van der Waals surface area contributed by atoms with Gasteiger partial charge >= 0.3 is 5.69 Å². The van der Waals surface area contributed by atoms with Gasteiger partial charge in [-0.05, 0) is 41.5 Å². The molecular formula is C22H18F2N6O3. The predicted octanol–water partition coefficient (Wildman–Crippen LogP) is 1.33. The lowest BCUT2D eigenvalue weighted by Crippen LogP contribution is -2.39. The number of fused-ring (bicyclic) bond motifs is 1. The van der Waals surface area contributed by atoms with E-state index in [9.17, 15) is 23.2 Å². The second-order valence-corrected chi connectivity index (χ2v) is 7.34. The SMILES string of the molecule is Cn1c(=O)n(Cc2ccc(F)c(F)c2)c(=O)c2cc(C(=O)NCc3ccnc(N)c3)ncc21. The van der Waals surface area contributed by atoms with Crippen molar-refractivity contribution >= 4 is 22.6 Å². The number of hydrogen-bond acceptors (Lipinski definition) is 6. The van der Waals surface area contributed by atoms with Gasteiger partial charge in [-0.3, -0.25) is 18.7 Å². The Kier molecular flexibility index (Phi) is 5.69. The summed E-state index contributed by atoms with van der Waals surface area (Å²) in [6.07, 6.45) is 2.78. The third kappa shape index (κ3) is 4.33. The molecule has 1 amide bonds. The Morgan fingerprint density at radius 1 is 1.06 bits per heavy atom. The molecule has 0 saturated heterocycles. The number of amides is 1. The molecule has 0 bridgehead atoms. The average Bonchev–Trinajstić information content (AvgIpc) is 2.80. The van der Waals surface area contributed by atoms with E-state index in [-0.39, 0.29) is 35.2 Å². The first kappa shape index (κ1) is 21.8. The van der Waals surface area contributed by atoms with Gasteiger partial charge in [-0.25, -0.2) is 23.5 Å². The number of carbonyl (C=O) groups is 1. The molecule has 0 aliphatic heterocycles. The molecule has 1 aromatic carbocycles. The molecule has 0 aliphatic carbocycles. The Hall–Kier alpha value is -4.41. The van der Waals surface area contributed by atoms with Gasteiger partial charge in [0.2, 0.25) is 0 Å². The monoisotopic (exact) mass is 452 g/mol. The molecule has 3 aromatic heterocycles. The van der Waals surface area contributed by atoms with E-state index in [2.05, 4.69) is 15.3 Å². The van der Waals surface area contributed by atoms with Gasteiger partial charge in [0.1, 0.15) is 11.5 Å². The number of aromatic nitrogens is 4. The van der Waals surface area contributed by atoms with Gasteiger partial charge in [0.15, 0.2) is 11.6 Å². The van der Waals surface area contributed by atoms with Crippen LogP contribution in [0, 0.1) is 11.6 Å². The van der Waals surface area contributed by atoms with Crippen molar-refractivity contribution in [3.63, 3.8) is 0 Å². The largest absolute Gasteiger partial charge is 0.384 e. The molecule has 168 valence electrons. The molecule has 0 aliphatic rings. The van der Waals surface area contributed by atoms with E-state index in [1.807, 2.05) is 0 Å². The molecule has 4 rings (SSSR count). The Bertz CT molecular complexity index is 1510. The maximum absolute atomic E-state index is 13.6. The first-order valence-electron chi connectivity index (χ1n) is 9.76. The lowest BCUT2D eigenvalue weighted by molar-refractivity contribution is 0.0946. The number of carbonyl (C=O) groups excluding carboxylic acids is 1. The highest BCUT2D eigenvalue weighted by Crippen LogP contribution is 2.12. The molecule has 0 unspecified atom stereocenters. The van der Waals surface area contributed by atoms with Crippen LogP contribution in [-0.2, 0) is 20.1 Å². The number of nitrogen functional groups attached to an aromatic ring is 1. The summed E-state index contributed by atoms with van der Waals surface area (Å²) in [5.41, 5.74) is 5.44. The summed E-state index contributed by atoms with van der Waals surface area (Å²) in [6.45, 7) is -0.106. The van der Waals surface area contributed by atoms with Gasteiger partial charge in [0, 0.05) is 19.8 Å². The van der Waals surface area contributed by atoms with Gasteiger partial charge in [-0.15, -0.1) is 0 Å². The highest BCUT2D eigenvalue weighted by Gasteiger charge is 2.16. The zero-order valence-corrected chi connectivity index (χ0v) is 17.4. The summed E-state index contributed by atoms with van der Waals surface area (Å²) in [5, 5.41) is 2.76. The van der Waals surface area contributed by atoms with E-state index in [4.69, 9.17) is 5.73 Å². The van der Waals surface area contributed by atoms with E-state index in [1.54, 1.807) is 12.1 Å². The number of nitrogens with two attached hydrogens (primary N) is 1. The fourth-order valence-electron chi connectivity index (χ4n) is 3.36. The van der Waals surface area contributed by atoms with Crippen molar-refractivity contribution < 1.29 is 13.6 Å². The van der Waals surface area contributed by atoms with Crippen molar-refractivity contribution in [2.45, 2.75) is 13.1 Å². The molecule has 11 heteroatoms. The van der Waals surface area contributed by atoms with Crippen LogP contribution in [0.25, 0.3) is 10.9 Å². The minimum atomic E-state index is -1.09. The van der Waals surface area contributed by atoms with E-state index in [0.717, 1.165) is 22.3 Å². The molecule has 33 heavy (non-hydrogen) atoms. The zero-order valence-electron chi connectivity index (χ0n) is 17.4. The van der Waals surface area contributed by atoms with Crippen molar-refractivity contribution in [3.05, 3.63) is 98.1 Å². The smallest absolute Gasteiger partial charge is 0.331 e. The van der Waals surface area contributed by atoms with Gasteiger partial charge < -0.3 is 11.1 Å². The number of aryl methyl sites for hydroxylation is 1. The van der Waals surface area contributed by atoms with E-state index in [1.165, 1.54) is 36.1 Å². The first-order chi connectivity index (χ1) is 15.7. The topological polar surface area (TPSA) is 125 Å². The number of rotatable bonds is 5. The molecule has 0 spiro atoms. The Labute approximate surface area is 185 Å². The van der Waals surface area contributed by atoms with Crippen LogP contribution >= 0.6 is 0 Å². The van der Waals surface area contributed by atoms with Gasteiger partial charge in [0.25, 0.3) is 11.5 Å². The molecule has 3 heterocycles. The number of benzene rings is 1. The Balaban J connectivity index is 1.69. The summed E-state index contributed by atoms with van der Waals surface area (Å²) in [4.78, 5) is 46.3. The summed E-state index contributed by atoms with van der Waals surface area (Å²) in [6, 6.07) is 7.71. The highest BCUT2D eigenvalue weighted by molar-refractivity contribution is 5.95. The highest BCUT2D eigenvalue weighted by atomic mass is 19.2. The van der Waals surface area contributed by atoms with Gasteiger partial charge in [-0.1, -0.05) is 6.07 Å². The number of hydrogen-bond donors (Lipinski definition) is 2. The van der Waals surface area contributed by atoms with E-state index >= 15 is 0 Å². The normalized spacial score (nSPS) is 11.0. The number of nitrogens with zero attached hydrogens (tertiary/aromatic N) is 4. The number of nitrogens with one attached hydrogen (secondary N) is 1. The van der Waals surface area contributed by atoms with Crippen molar-refractivity contribution in [2.24, 2.45) is 7.05 Å². The van der Waals surface area contributed by atoms with Crippen LogP contribution < -0.4 is 22.3 Å². The Morgan fingerprint density at radius 3 is 2.58 bits per heavy atom. The molecule has 3 N–H and O–H groups in total. The quantitative estimate of drug-likeness (QED) is 0.471. The summed E-state index contributed by atoms with van der Waals surface area (Å²) >= 11 is 0. The van der Waals surface area contributed by atoms with Crippen LogP contribution in [0.3, 0.4) is 0 Å². The molecule has 0 radical (unpaired) electrons. The van der Waals surface area contributed by atoms with Crippen LogP contribution in [0.4, 0.5) is 14.6 Å². The van der Waals surface area contributed by atoms with E-state index < -0.39 is 28.8 Å². The molecular weight excluding hydrogens is 434 g/mol. The fraction of sp³-hybridized carbons (Fsp3) is 0.136. The van der Waals surface area contributed by atoms with Crippen molar-refractivity contribution in [3.8, 4) is 0 Å². The average molecular weight is 452 g/mol. The predicted molar refractivity (Wildman–Crippen MR) is 117 cm³/mol. The minimum absolute atomic E-state index is 0.0281. The fourth-order valence-corrected chi connectivity index (χ4v) is 3.36. The van der Waals surface area contributed by atoms with Crippen molar-refractivity contribution in [2.75, 3.05) is 5.73 Å².